The molecule has 0 saturated carbocycles. The van der Waals surface area contributed by atoms with Gasteiger partial charge >= 0.3 is 0 Å². The van der Waals surface area contributed by atoms with Crippen LogP contribution in [-0.2, 0) is 18.9 Å². The van der Waals surface area contributed by atoms with Crippen molar-refractivity contribution in [3.8, 4) is 0 Å². The number of nitrogens with zero attached hydrogens (tertiary/aromatic N) is 1. The molecule has 0 aromatic carbocycles. The average Bonchev–Trinajstić information content (AvgIpc) is 3.02. The highest BCUT2D eigenvalue weighted by Gasteiger charge is 2.32. The number of hydrogen-bond donors (Lipinski definition) is 0. The average molecular weight is 297 g/mol. The van der Waals surface area contributed by atoms with Crippen LogP contribution in [0.1, 0.15) is 19.3 Å². The van der Waals surface area contributed by atoms with Crippen LogP contribution in [0, 0.1) is 5.92 Å². The van der Waals surface area contributed by atoms with E-state index in [2.05, 4.69) is 17.1 Å². The second kappa shape index (κ2) is 8.25. The minimum atomic E-state index is -0.0252. The van der Waals surface area contributed by atoms with Crippen LogP contribution in [0.5, 0.6) is 0 Å². The van der Waals surface area contributed by atoms with Crippen LogP contribution < -0.4 is 0 Å². The van der Waals surface area contributed by atoms with Crippen LogP contribution in [0.2, 0.25) is 0 Å². The number of hydrogen-bond acceptors (Lipinski definition) is 5. The summed E-state index contributed by atoms with van der Waals surface area (Å²) >= 11 is 0. The van der Waals surface area contributed by atoms with Crippen molar-refractivity contribution in [1.29, 1.82) is 0 Å². The smallest absolute Gasteiger partial charge is 0.161 e. The van der Waals surface area contributed by atoms with Gasteiger partial charge in [0, 0.05) is 25.6 Å². The molecular formula is C16H27NO4. The lowest BCUT2D eigenvalue weighted by Crippen LogP contribution is -2.38. The highest BCUT2D eigenvalue weighted by molar-refractivity contribution is 4.91. The fourth-order valence-electron chi connectivity index (χ4n) is 3.10. The molecule has 0 spiro atoms. The molecule has 0 N–H and O–H groups in total. The molecule has 0 bridgehead atoms. The quantitative estimate of drug-likeness (QED) is 0.548. The summed E-state index contributed by atoms with van der Waals surface area (Å²) in [4.78, 5) is 2.38. The molecule has 0 unspecified atom stereocenters. The zero-order chi connectivity index (χ0) is 14.3. The molecule has 2 heterocycles. The van der Waals surface area contributed by atoms with Gasteiger partial charge in [0.1, 0.15) is 6.10 Å². The van der Waals surface area contributed by atoms with E-state index in [-0.39, 0.29) is 12.4 Å². The normalized spacial score (nSPS) is 34.4. The van der Waals surface area contributed by atoms with Gasteiger partial charge in [-0.3, -0.25) is 4.90 Å². The summed E-state index contributed by atoms with van der Waals surface area (Å²) in [5.41, 5.74) is 0. The molecule has 2 saturated heterocycles. The van der Waals surface area contributed by atoms with E-state index in [0.717, 1.165) is 52.3 Å². The summed E-state index contributed by atoms with van der Waals surface area (Å²) in [5.74, 6) is 0.522. The maximum atomic E-state index is 5.98. The Morgan fingerprint density at radius 2 is 2.10 bits per heavy atom. The van der Waals surface area contributed by atoms with Gasteiger partial charge in [-0.05, 0) is 19.3 Å². The van der Waals surface area contributed by atoms with Gasteiger partial charge in [-0.15, -0.1) is 0 Å². The van der Waals surface area contributed by atoms with Gasteiger partial charge in [0.25, 0.3) is 0 Å². The number of ether oxygens (including phenoxy) is 4. The van der Waals surface area contributed by atoms with Crippen molar-refractivity contribution < 1.29 is 18.9 Å². The van der Waals surface area contributed by atoms with Crippen LogP contribution in [0.4, 0.5) is 0 Å². The van der Waals surface area contributed by atoms with Gasteiger partial charge in [0.15, 0.2) is 6.29 Å². The number of allylic oxidation sites excluding steroid dienone is 2. The van der Waals surface area contributed by atoms with E-state index >= 15 is 0 Å². The molecule has 0 radical (unpaired) electrons. The molecule has 3 rings (SSSR count). The molecule has 0 aromatic rings. The highest BCUT2D eigenvalue weighted by Crippen LogP contribution is 2.28. The summed E-state index contributed by atoms with van der Waals surface area (Å²) < 4.78 is 22.9. The van der Waals surface area contributed by atoms with E-state index in [1.807, 2.05) is 0 Å². The van der Waals surface area contributed by atoms with Crippen LogP contribution in [0.3, 0.4) is 0 Å². The first-order valence-electron chi connectivity index (χ1n) is 8.22. The minimum absolute atomic E-state index is 0.0252. The second-order valence-electron chi connectivity index (χ2n) is 6.03. The van der Waals surface area contributed by atoms with Gasteiger partial charge in [0.05, 0.1) is 33.0 Å². The molecule has 5 heteroatoms. The molecule has 0 amide bonds. The molecule has 2 aliphatic heterocycles. The third kappa shape index (κ3) is 4.76. The highest BCUT2D eigenvalue weighted by atomic mass is 16.7. The van der Waals surface area contributed by atoms with Crippen molar-refractivity contribution >= 4 is 0 Å². The Labute approximate surface area is 127 Å². The van der Waals surface area contributed by atoms with Crippen LogP contribution in [0.25, 0.3) is 0 Å². The standard InChI is InChI=1S/C16H27NO4/c1-2-4-14(5-3-1)16-20-13-15(21-16)12-19-11-8-17-6-9-18-10-7-17/h1-2,14-16H,3-13H2/t14-,15+,16-/m1/s1. The first-order chi connectivity index (χ1) is 10.4. The van der Waals surface area contributed by atoms with E-state index < -0.39 is 0 Å². The van der Waals surface area contributed by atoms with Gasteiger partial charge < -0.3 is 18.9 Å². The van der Waals surface area contributed by atoms with Gasteiger partial charge in [-0.2, -0.15) is 0 Å². The largest absolute Gasteiger partial charge is 0.379 e. The maximum Gasteiger partial charge on any atom is 0.161 e. The summed E-state index contributed by atoms with van der Waals surface area (Å²) in [6.45, 7) is 6.78. The lowest BCUT2D eigenvalue weighted by atomic mass is 9.94. The summed E-state index contributed by atoms with van der Waals surface area (Å²) in [5, 5.41) is 0. The summed E-state index contributed by atoms with van der Waals surface area (Å²) in [7, 11) is 0. The number of morpholine rings is 1. The second-order valence-corrected chi connectivity index (χ2v) is 6.03. The van der Waals surface area contributed by atoms with Gasteiger partial charge in [-0.25, -0.2) is 0 Å². The first kappa shape index (κ1) is 15.4. The van der Waals surface area contributed by atoms with Gasteiger partial charge in [0.2, 0.25) is 0 Å². The predicted octanol–water partition coefficient (Wildman–Crippen LogP) is 1.43. The summed E-state index contributed by atoms with van der Waals surface area (Å²) in [6, 6.07) is 0. The lowest BCUT2D eigenvalue weighted by molar-refractivity contribution is -0.108. The molecule has 0 aromatic heterocycles. The molecular weight excluding hydrogens is 270 g/mol. The lowest BCUT2D eigenvalue weighted by Gasteiger charge is -2.26. The van der Waals surface area contributed by atoms with Crippen molar-refractivity contribution in [1.82, 2.24) is 4.90 Å². The van der Waals surface area contributed by atoms with E-state index in [4.69, 9.17) is 18.9 Å². The van der Waals surface area contributed by atoms with E-state index in [1.54, 1.807) is 0 Å². The molecule has 1 aliphatic carbocycles. The Bertz CT molecular complexity index is 330. The van der Waals surface area contributed by atoms with E-state index in [9.17, 15) is 0 Å². The Balaban J connectivity index is 1.27. The molecule has 2 fully saturated rings. The topological polar surface area (TPSA) is 40.2 Å². The molecule has 120 valence electrons. The molecule has 3 aliphatic rings. The zero-order valence-electron chi connectivity index (χ0n) is 12.7. The van der Waals surface area contributed by atoms with Crippen molar-refractivity contribution in [2.75, 3.05) is 52.7 Å². The third-order valence-corrected chi connectivity index (χ3v) is 4.43. The molecule has 3 atom stereocenters. The molecule has 5 nitrogen and oxygen atoms in total. The fourth-order valence-corrected chi connectivity index (χ4v) is 3.10. The Morgan fingerprint density at radius 1 is 1.19 bits per heavy atom. The van der Waals surface area contributed by atoms with Crippen LogP contribution in [-0.4, -0.2) is 70.0 Å². The predicted molar refractivity (Wildman–Crippen MR) is 79.2 cm³/mol. The summed E-state index contributed by atoms with van der Waals surface area (Å²) in [6.07, 6.45) is 7.97. The monoisotopic (exact) mass is 297 g/mol. The Hall–Kier alpha value is -0.460. The Morgan fingerprint density at radius 3 is 2.90 bits per heavy atom. The maximum absolute atomic E-state index is 5.98. The zero-order valence-corrected chi connectivity index (χ0v) is 12.7. The first-order valence-corrected chi connectivity index (χ1v) is 8.22. The van der Waals surface area contributed by atoms with E-state index in [0.29, 0.717) is 19.1 Å². The molecule has 21 heavy (non-hydrogen) atoms. The fraction of sp³-hybridized carbons (Fsp3) is 0.875. The number of rotatable bonds is 6. The van der Waals surface area contributed by atoms with Gasteiger partial charge in [-0.1, -0.05) is 12.2 Å². The van der Waals surface area contributed by atoms with Crippen molar-refractivity contribution in [3.63, 3.8) is 0 Å². The van der Waals surface area contributed by atoms with Crippen molar-refractivity contribution in [2.24, 2.45) is 5.92 Å². The SMILES string of the molecule is C1=CC[C@@H]([C@@H]2OC[C@H](COCCN3CCOCC3)O2)CC1. The van der Waals surface area contributed by atoms with Crippen molar-refractivity contribution in [2.45, 2.75) is 31.7 Å². The van der Waals surface area contributed by atoms with Crippen LogP contribution in [0.15, 0.2) is 12.2 Å². The minimum Gasteiger partial charge on any atom is -0.379 e. The van der Waals surface area contributed by atoms with Crippen molar-refractivity contribution in [3.05, 3.63) is 12.2 Å². The Kier molecular flexibility index (Phi) is 6.06. The third-order valence-electron chi connectivity index (χ3n) is 4.43. The van der Waals surface area contributed by atoms with E-state index in [1.165, 1.54) is 6.42 Å². The van der Waals surface area contributed by atoms with Crippen LogP contribution >= 0.6 is 0 Å².